The van der Waals surface area contributed by atoms with Gasteiger partial charge in [-0.2, -0.15) is 0 Å². The second-order valence-corrected chi connectivity index (χ2v) is 21.5. The number of carbonyl (C=O) groups excluding carboxylic acids is 3. The zero-order chi connectivity index (χ0) is 62.9. The molecule has 18 N–H and O–H groups in total. The van der Waals surface area contributed by atoms with Crippen LogP contribution in [0.3, 0.4) is 0 Å². The molecular formula is C48H76O38. The molecule has 496 valence electrons. The van der Waals surface area contributed by atoms with Gasteiger partial charge in [0.1, 0.15) is 191 Å². The van der Waals surface area contributed by atoms with Crippen LogP contribution >= 0.6 is 0 Å². The predicted octanol–water partition coefficient (Wildman–Crippen LogP) is -13.5. The molecule has 21 aliphatic rings. The molecule has 0 aromatic rings. The minimum absolute atomic E-state index is 0.834. The number of ether oxygens (including phenoxy) is 17. The zero-order valence-electron chi connectivity index (χ0n) is 45.9. The molecule has 21 aliphatic heterocycles. The SMILES string of the molecule is CC(=O)OCC1OC2OC3C(CO)OC(OC4C(CO)OC(OC5C(CO)OC(OC6C(COC(C)=O)OC(OC7C(COC(C)=O)OC(OC8C(CO)OC(OC1C(O)C2O)C(O)C8O)C(O)C7O)C(O)C6O)C(O)C5O)C(O)C4O)C(O)C3O. The van der Waals surface area contributed by atoms with Gasteiger partial charge in [-0.1, -0.05) is 0 Å². The average Bonchev–Trinajstić information content (AvgIpc) is 1.21. The summed E-state index contributed by atoms with van der Waals surface area (Å²) in [5.41, 5.74) is 0. The lowest BCUT2D eigenvalue weighted by molar-refractivity contribution is -0.396. The van der Waals surface area contributed by atoms with Crippen molar-refractivity contribution >= 4 is 17.9 Å². The fourth-order valence-electron chi connectivity index (χ4n) is 11.0. The molecule has 21 heterocycles. The number of rotatable bonds is 10. The summed E-state index contributed by atoms with van der Waals surface area (Å²) in [7, 11) is 0. The second kappa shape index (κ2) is 29.6. The predicted molar refractivity (Wildman–Crippen MR) is 257 cm³/mol. The highest BCUT2D eigenvalue weighted by Crippen LogP contribution is 2.39. The standard InChI is InChI=1S/C48H76O38/c1-11(53)70-8-18-39-25(60)32(67)46(77-18)82-37-16(6-51)74-43(29(64)22(37)57)80-35-14(4-49)73-42(28(63)21(35)56)81-36-15(5-50)75-44(30(65)23(36)58)85-40-19(9-71-12(2)54)79-48(34(69)27(40)62)86-41-20(10-72-13(3)55)78-47(33(68)26(41)61)83-38-17(7-52)76-45(84-39)31(66)24(38)59/h14-52,56-69H,4-10H2,1-3H3. The zero-order valence-corrected chi connectivity index (χ0v) is 45.9. The molecule has 35 atom stereocenters. The Labute approximate surface area is 486 Å². The molecule has 0 aliphatic carbocycles. The molecule has 86 heavy (non-hydrogen) atoms. The van der Waals surface area contributed by atoms with Crippen molar-refractivity contribution in [3.63, 3.8) is 0 Å². The minimum Gasteiger partial charge on any atom is -0.463 e. The van der Waals surface area contributed by atoms with E-state index < -0.39 is 279 Å². The quantitative estimate of drug-likeness (QED) is 0.0713. The Balaban J connectivity index is 1.12. The largest absolute Gasteiger partial charge is 0.463 e. The number of aliphatic hydroxyl groups is 18. The maximum absolute atomic E-state index is 12.1. The van der Waals surface area contributed by atoms with E-state index in [2.05, 4.69) is 0 Å². The fourth-order valence-corrected chi connectivity index (χ4v) is 11.0. The normalized spacial score (nSPS) is 50.5. The molecule has 21 saturated heterocycles. The third-order valence-corrected chi connectivity index (χ3v) is 15.6. The van der Waals surface area contributed by atoms with E-state index in [-0.39, 0.29) is 0 Å². The summed E-state index contributed by atoms with van der Waals surface area (Å²) in [6.45, 7) is -3.95. The Morgan fingerprint density at radius 3 is 0.523 bits per heavy atom. The van der Waals surface area contributed by atoms with Crippen LogP contribution in [0.1, 0.15) is 20.8 Å². The van der Waals surface area contributed by atoms with Crippen LogP contribution in [-0.2, 0) is 94.9 Å². The van der Waals surface area contributed by atoms with Gasteiger partial charge in [0, 0.05) is 20.8 Å². The van der Waals surface area contributed by atoms with Crippen LogP contribution in [0.25, 0.3) is 0 Å². The van der Waals surface area contributed by atoms with Gasteiger partial charge in [0.05, 0.1) is 26.4 Å². The number of aliphatic hydroxyl groups excluding tert-OH is 18. The summed E-state index contributed by atoms with van der Waals surface area (Å²) in [4.78, 5) is 36.3. The van der Waals surface area contributed by atoms with Gasteiger partial charge < -0.3 is 172 Å². The highest BCUT2D eigenvalue weighted by atomic mass is 16.8. The molecule has 35 unspecified atom stereocenters. The summed E-state index contributed by atoms with van der Waals surface area (Å²) in [6, 6.07) is 0. The van der Waals surface area contributed by atoms with Gasteiger partial charge in [0.15, 0.2) is 44.0 Å². The first-order valence-corrected chi connectivity index (χ1v) is 27.3. The maximum Gasteiger partial charge on any atom is 0.302 e. The maximum atomic E-state index is 12.1. The fraction of sp³-hybridized carbons (Fsp3) is 0.938. The number of hydrogen-bond acceptors (Lipinski definition) is 38. The van der Waals surface area contributed by atoms with Gasteiger partial charge in [0.2, 0.25) is 0 Å². The monoisotopic (exact) mass is 1260 g/mol. The summed E-state index contributed by atoms with van der Waals surface area (Å²) < 4.78 is 96.5. The first-order valence-electron chi connectivity index (χ1n) is 27.3. The van der Waals surface area contributed by atoms with Gasteiger partial charge in [0.25, 0.3) is 0 Å². The molecule has 14 bridgehead atoms. The Morgan fingerprint density at radius 1 is 0.244 bits per heavy atom. The number of carbonyl (C=O) groups is 3. The molecule has 38 heteroatoms. The van der Waals surface area contributed by atoms with E-state index in [9.17, 15) is 106 Å². The van der Waals surface area contributed by atoms with E-state index in [1.165, 1.54) is 0 Å². The average molecular weight is 1260 g/mol. The van der Waals surface area contributed by atoms with Crippen LogP contribution in [0.4, 0.5) is 0 Å². The van der Waals surface area contributed by atoms with Crippen molar-refractivity contribution in [3.05, 3.63) is 0 Å². The van der Waals surface area contributed by atoms with Gasteiger partial charge in [-0.05, 0) is 0 Å². The molecule has 0 amide bonds. The molecule has 38 nitrogen and oxygen atoms in total. The van der Waals surface area contributed by atoms with Crippen LogP contribution in [0, 0.1) is 0 Å². The molecule has 0 spiro atoms. The van der Waals surface area contributed by atoms with E-state index in [4.69, 9.17) is 80.5 Å². The van der Waals surface area contributed by atoms with Gasteiger partial charge in [-0.3, -0.25) is 14.4 Å². The Hall–Kier alpha value is -2.87. The van der Waals surface area contributed by atoms with Crippen LogP contribution in [0.15, 0.2) is 0 Å². The van der Waals surface area contributed by atoms with Crippen molar-refractivity contribution in [1.82, 2.24) is 0 Å². The molecule has 21 rings (SSSR count). The van der Waals surface area contributed by atoms with Crippen molar-refractivity contribution in [1.29, 1.82) is 0 Å². The topological polar surface area (TPSA) is 572 Å². The molecule has 0 radical (unpaired) electrons. The first kappa shape index (κ1) is 69.0. The van der Waals surface area contributed by atoms with Gasteiger partial charge >= 0.3 is 17.9 Å². The summed E-state index contributed by atoms with van der Waals surface area (Å²) in [5.74, 6) is -2.80. The van der Waals surface area contributed by atoms with Crippen molar-refractivity contribution in [3.8, 4) is 0 Å². The van der Waals surface area contributed by atoms with Crippen LogP contribution in [0.2, 0.25) is 0 Å². The molecule has 0 aromatic carbocycles. The van der Waals surface area contributed by atoms with E-state index >= 15 is 0 Å². The third kappa shape index (κ3) is 14.7. The molecule has 0 aromatic heterocycles. The van der Waals surface area contributed by atoms with Crippen molar-refractivity contribution in [2.24, 2.45) is 0 Å². The van der Waals surface area contributed by atoms with E-state index in [1.807, 2.05) is 0 Å². The number of hydrogen-bond donors (Lipinski definition) is 18. The lowest BCUT2D eigenvalue weighted by Crippen LogP contribution is -2.68. The summed E-state index contributed by atoms with van der Waals surface area (Å²) in [6.07, 6.45) is -72.3. The molecular weight excluding hydrogens is 1180 g/mol. The van der Waals surface area contributed by atoms with Gasteiger partial charge in [-0.15, -0.1) is 0 Å². The van der Waals surface area contributed by atoms with Crippen molar-refractivity contribution in [2.45, 2.75) is 236 Å². The summed E-state index contributed by atoms with van der Waals surface area (Å²) in [5, 5.41) is 203. The first-order chi connectivity index (χ1) is 40.7. The van der Waals surface area contributed by atoms with E-state index in [0.29, 0.717) is 0 Å². The van der Waals surface area contributed by atoms with E-state index in [1.54, 1.807) is 0 Å². The molecule has 21 fully saturated rings. The lowest BCUT2D eigenvalue weighted by atomic mass is 9.95. The van der Waals surface area contributed by atoms with E-state index in [0.717, 1.165) is 20.8 Å². The highest BCUT2D eigenvalue weighted by Gasteiger charge is 2.60. The van der Waals surface area contributed by atoms with Crippen LogP contribution in [-0.4, -0.2) is 371 Å². The van der Waals surface area contributed by atoms with Gasteiger partial charge in [-0.25, -0.2) is 0 Å². The van der Waals surface area contributed by atoms with Crippen LogP contribution in [0.5, 0.6) is 0 Å². The van der Waals surface area contributed by atoms with Crippen LogP contribution < -0.4 is 0 Å². The van der Waals surface area contributed by atoms with Crippen molar-refractivity contribution in [2.75, 3.05) is 46.2 Å². The number of esters is 3. The van der Waals surface area contributed by atoms with Crippen molar-refractivity contribution < 1.29 is 187 Å². The Bertz CT molecular complexity index is 2180. The Kier molecular flexibility index (Phi) is 23.8. The second-order valence-electron chi connectivity index (χ2n) is 21.5. The third-order valence-electron chi connectivity index (χ3n) is 15.6. The smallest absolute Gasteiger partial charge is 0.302 e. The lowest BCUT2D eigenvalue weighted by Gasteiger charge is -2.50. The Morgan fingerprint density at radius 2 is 0.384 bits per heavy atom. The molecule has 0 saturated carbocycles. The summed E-state index contributed by atoms with van der Waals surface area (Å²) >= 11 is 0. The highest BCUT2D eigenvalue weighted by molar-refractivity contribution is 5.66. The minimum atomic E-state index is -2.29.